The van der Waals surface area contributed by atoms with Gasteiger partial charge >= 0.3 is 6.18 Å². The topological polar surface area (TPSA) is 64.1 Å². The summed E-state index contributed by atoms with van der Waals surface area (Å²) < 4.78 is 44.0. The number of hydrogen-bond acceptors (Lipinski definition) is 4. The van der Waals surface area contributed by atoms with Crippen LogP contribution in [0, 0.1) is 6.92 Å². The van der Waals surface area contributed by atoms with Crippen LogP contribution in [0.2, 0.25) is 0 Å². The average Bonchev–Trinajstić information content (AvgIpc) is 2.60. The molecule has 26 heavy (non-hydrogen) atoms. The second kappa shape index (κ2) is 7.31. The summed E-state index contributed by atoms with van der Waals surface area (Å²) >= 11 is 0. The zero-order valence-corrected chi connectivity index (χ0v) is 14.1. The number of carbonyl (C=O) groups excluding carboxylic acids is 1. The van der Waals surface area contributed by atoms with E-state index >= 15 is 0 Å². The van der Waals surface area contributed by atoms with Crippen LogP contribution in [0.5, 0.6) is 5.75 Å². The van der Waals surface area contributed by atoms with Gasteiger partial charge in [-0.1, -0.05) is 18.2 Å². The highest BCUT2D eigenvalue weighted by Gasteiger charge is 2.33. The molecule has 1 N–H and O–H groups in total. The third-order valence-corrected chi connectivity index (χ3v) is 4.05. The van der Waals surface area contributed by atoms with E-state index in [1.807, 2.05) is 24.3 Å². The lowest BCUT2D eigenvalue weighted by atomic mass is 10.0. The van der Waals surface area contributed by atoms with E-state index in [1.165, 1.54) is 6.92 Å². The highest BCUT2D eigenvalue weighted by molar-refractivity contribution is 5.81. The molecule has 2 aromatic rings. The quantitative estimate of drug-likeness (QED) is 0.905. The van der Waals surface area contributed by atoms with E-state index < -0.39 is 18.0 Å². The number of para-hydroxylation sites is 1. The summed E-state index contributed by atoms with van der Waals surface area (Å²) in [6.45, 7) is 1.62. The Labute approximate surface area is 148 Å². The molecule has 0 aliphatic carbocycles. The van der Waals surface area contributed by atoms with Crippen LogP contribution in [-0.2, 0) is 23.8 Å². The minimum absolute atomic E-state index is 0.0486. The Morgan fingerprint density at radius 3 is 2.85 bits per heavy atom. The highest BCUT2D eigenvalue weighted by Crippen LogP contribution is 2.28. The lowest BCUT2D eigenvalue weighted by molar-refractivity contribution is -0.141. The Kier molecular flexibility index (Phi) is 5.11. The fourth-order valence-corrected chi connectivity index (χ4v) is 2.81. The summed E-state index contributed by atoms with van der Waals surface area (Å²) in [7, 11) is 0. The van der Waals surface area contributed by atoms with Crippen molar-refractivity contribution in [2.45, 2.75) is 38.5 Å². The molecule has 1 aliphatic rings. The highest BCUT2D eigenvalue weighted by atomic mass is 19.4. The van der Waals surface area contributed by atoms with Crippen molar-refractivity contribution in [1.82, 2.24) is 15.3 Å². The van der Waals surface area contributed by atoms with Gasteiger partial charge in [0.15, 0.2) is 6.10 Å². The van der Waals surface area contributed by atoms with E-state index in [4.69, 9.17) is 4.74 Å². The van der Waals surface area contributed by atoms with Crippen molar-refractivity contribution in [2.24, 2.45) is 0 Å². The minimum atomic E-state index is -4.52. The number of halogens is 3. The van der Waals surface area contributed by atoms with Gasteiger partial charge in [-0.25, -0.2) is 9.97 Å². The maximum atomic E-state index is 12.8. The lowest BCUT2D eigenvalue weighted by Gasteiger charge is -2.25. The number of amides is 1. The van der Waals surface area contributed by atoms with Gasteiger partial charge in [0.25, 0.3) is 5.91 Å². The number of ether oxygens (including phenoxy) is 1. The summed E-state index contributed by atoms with van der Waals surface area (Å²) in [5.41, 5.74) is 0.323. The number of aromatic nitrogens is 2. The van der Waals surface area contributed by atoms with E-state index in [-0.39, 0.29) is 30.4 Å². The summed E-state index contributed by atoms with van der Waals surface area (Å²) in [6.07, 6.45) is -3.71. The molecule has 0 saturated carbocycles. The Morgan fingerprint density at radius 2 is 2.08 bits per heavy atom. The van der Waals surface area contributed by atoms with Crippen LogP contribution in [0.3, 0.4) is 0 Å². The second-order valence-corrected chi connectivity index (χ2v) is 6.10. The summed E-state index contributed by atoms with van der Waals surface area (Å²) in [5, 5.41) is 2.68. The van der Waals surface area contributed by atoms with Crippen molar-refractivity contribution in [1.29, 1.82) is 0 Å². The predicted molar refractivity (Wildman–Crippen MR) is 87.7 cm³/mol. The second-order valence-electron chi connectivity index (χ2n) is 6.10. The molecule has 0 fully saturated rings. The van der Waals surface area contributed by atoms with Crippen molar-refractivity contribution in [3.63, 3.8) is 0 Å². The molecule has 0 radical (unpaired) electrons. The Morgan fingerprint density at radius 1 is 1.31 bits per heavy atom. The minimum Gasteiger partial charge on any atom is -0.480 e. The van der Waals surface area contributed by atoms with Crippen LogP contribution >= 0.6 is 0 Å². The molecule has 138 valence electrons. The molecule has 5 nitrogen and oxygen atoms in total. The molecular formula is C18H18F3N3O2. The smallest absolute Gasteiger partial charge is 0.433 e. The molecule has 1 aliphatic heterocycles. The van der Waals surface area contributed by atoms with Gasteiger partial charge in [-0.2, -0.15) is 13.2 Å². The van der Waals surface area contributed by atoms with Gasteiger partial charge in [0, 0.05) is 18.7 Å². The largest absolute Gasteiger partial charge is 0.480 e. The number of benzene rings is 1. The first-order chi connectivity index (χ1) is 12.3. The molecular weight excluding hydrogens is 347 g/mol. The van der Waals surface area contributed by atoms with Crippen molar-refractivity contribution in [2.75, 3.05) is 6.54 Å². The number of nitrogens with zero attached hydrogens (tertiary/aromatic N) is 2. The van der Waals surface area contributed by atoms with Crippen LogP contribution in [0.15, 0.2) is 30.3 Å². The van der Waals surface area contributed by atoms with Crippen LogP contribution < -0.4 is 10.1 Å². The first kappa shape index (κ1) is 18.2. The van der Waals surface area contributed by atoms with Crippen LogP contribution in [0.1, 0.15) is 29.2 Å². The number of fused-ring (bicyclic) bond motifs is 1. The molecule has 0 saturated heterocycles. The number of hydrogen-bond donors (Lipinski definition) is 1. The van der Waals surface area contributed by atoms with Crippen molar-refractivity contribution >= 4 is 5.91 Å². The summed E-state index contributed by atoms with van der Waals surface area (Å²) in [4.78, 5) is 19.8. The number of alkyl halides is 3. The van der Waals surface area contributed by atoms with E-state index in [9.17, 15) is 18.0 Å². The fourth-order valence-electron chi connectivity index (χ4n) is 2.81. The van der Waals surface area contributed by atoms with E-state index in [2.05, 4.69) is 15.3 Å². The predicted octanol–water partition coefficient (Wildman–Crippen LogP) is 2.86. The van der Waals surface area contributed by atoms with E-state index in [0.29, 0.717) is 12.2 Å². The number of nitrogens with one attached hydrogen (secondary N) is 1. The van der Waals surface area contributed by atoms with Gasteiger partial charge in [-0.05, 0) is 37.5 Å². The molecule has 0 bridgehead atoms. The van der Waals surface area contributed by atoms with Crippen LogP contribution in [0.4, 0.5) is 13.2 Å². The third-order valence-electron chi connectivity index (χ3n) is 4.05. The van der Waals surface area contributed by atoms with Gasteiger partial charge in [-0.15, -0.1) is 0 Å². The first-order valence-corrected chi connectivity index (χ1v) is 8.27. The SMILES string of the molecule is Cc1cc(C(F)(F)F)nc(CCNC(=O)[C@@H]2CCc3ccccc3O2)n1. The number of carbonyl (C=O) groups is 1. The zero-order valence-electron chi connectivity index (χ0n) is 14.1. The van der Waals surface area contributed by atoms with Crippen molar-refractivity contribution in [3.05, 3.63) is 53.1 Å². The fraction of sp³-hybridized carbons (Fsp3) is 0.389. The normalized spacial score (nSPS) is 16.5. The molecule has 2 heterocycles. The van der Waals surface area contributed by atoms with Gasteiger partial charge in [0.2, 0.25) is 0 Å². The Bertz CT molecular complexity index is 809. The molecule has 8 heteroatoms. The van der Waals surface area contributed by atoms with Crippen molar-refractivity contribution in [3.8, 4) is 5.75 Å². The molecule has 3 rings (SSSR count). The molecule has 1 amide bonds. The van der Waals surface area contributed by atoms with Crippen LogP contribution in [0.25, 0.3) is 0 Å². The van der Waals surface area contributed by atoms with E-state index in [1.54, 1.807) is 0 Å². The molecule has 0 unspecified atom stereocenters. The maximum absolute atomic E-state index is 12.8. The molecule has 0 spiro atoms. The van der Waals surface area contributed by atoms with Crippen molar-refractivity contribution < 1.29 is 22.7 Å². The maximum Gasteiger partial charge on any atom is 0.433 e. The van der Waals surface area contributed by atoms with Crippen LogP contribution in [-0.4, -0.2) is 28.5 Å². The first-order valence-electron chi connectivity index (χ1n) is 8.27. The Hall–Kier alpha value is -2.64. The molecule has 1 aromatic carbocycles. The Balaban J connectivity index is 1.56. The summed E-state index contributed by atoms with van der Waals surface area (Å²) in [5.74, 6) is 0.450. The van der Waals surface area contributed by atoms with Gasteiger partial charge in [-0.3, -0.25) is 4.79 Å². The molecule has 1 aromatic heterocycles. The average molecular weight is 365 g/mol. The zero-order chi connectivity index (χ0) is 18.7. The third kappa shape index (κ3) is 4.30. The molecule has 1 atom stereocenters. The summed E-state index contributed by atoms with van der Waals surface area (Å²) in [6, 6.07) is 8.42. The van der Waals surface area contributed by atoms with E-state index in [0.717, 1.165) is 18.1 Å². The van der Waals surface area contributed by atoms with Gasteiger partial charge in [0.05, 0.1) is 0 Å². The lowest BCUT2D eigenvalue weighted by Crippen LogP contribution is -2.41. The standard InChI is InChI=1S/C18H18F3N3O2/c1-11-10-15(18(19,20)21)24-16(23-11)8-9-22-17(25)14-7-6-12-4-2-3-5-13(12)26-14/h2-5,10,14H,6-9H2,1H3,(H,22,25)/t14-/m0/s1. The van der Waals surface area contributed by atoms with Gasteiger partial charge < -0.3 is 10.1 Å². The monoisotopic (exact) mass is 365 g/mol. The number of aryl methyl sites for hydroxylation is 2. The number of rotatable bonds is 4. The van der Waals surface area contributed by atoms with Gasteiger partial charge in [0.1, 0.15) is 17.3 Å².